The van der Waals surface area contributed by atoms with E-state index in [9.17, 15) is 4.79 Å². The van der Waals surface area contributed by atoms with Gasteiger partial charge in [0.1, 0.15) is 17.1 Å². The molecule has 0 unspecified atom stereocenters. The van der Waals surface area contributed by atoms with Crippen LogP contribution in [0.5, 0.6) is 5.75 Å². The Bertz CT molecular complexity index is 1030. The molecule has 1 aliphatic rings. The third-order valence-corrected chi connectivity index (χ3v) is 6.05. The Balaban J connectivity index is 1.53. The molecule has 1 heterocycles. The van der Waals surface area contributed by atoms with Gasteiger partial charge in [-0.25, -0.2) is 4.98 Å². The Labute approximate surface area is 181 Å². The first-order valence-corrected chi connectivity index (χ1v) is 10.7. The summed E-state index contributed by atoms with van der Waals surface area (Å²) in [5, 5.41) is 4.21. The zero-order valence-corrected chi connectivity index (χ0v) is 18.1. The van der Waals surface area contributed by atoms with Gasteiger partial charge in [-0.1, -0.05) is 30.9 Å². The van der Waals surface area contributed by atoms with Gasteiger partial charge in [-0.05, 0) is 55.3 Å². The van der Waals surface area contributed by atoms with Gasteiger partial charge in [-0.15, -0.1) is 0 Å². The fourth-order valence-corrected chi connectivity index (χ4v) is 4.44. The van der Waals surface area contributed by atoms with E-state index in [-0.39, 0.29) is 5.91 Å². The third kappa shape index (κ3) is 4.24. The lowest BCUT2D eigenvalue weighted by Gasteiger charge is -2.40. The van der Waals surface area contributed by atoms with Crippen molar-refractivity contribution in [3.8, 4) is 5.75 Å². The van der Waals surface area contributed by atoms with E-state index < -0.39 is 5.54 Å². The number of nitrogens with one attached hydrogen (secondary N) is 2. The van der Waals surface area contributed by atoms with Crippen LogP contribution in [0, 0.1) is 0 Å². The first-order chi connectivity index (χ1) is 14.5. The Morgan fingerprint density at radius 3 is 2.63 bits per heavy atom. The van der Waals surface area contributed by atoms with Crippen LogP contribution in [0.1, 0.15) is 37.9 Å². The van der Waals surface area contributed by atoms with Crippen molar-refractivity contribution in [3.05, 3.63) is 53.3 Å². The van der Waals surface area contributed by atoms with Gasteiger partial charge < -0.3 is 19.9 Å². The van der Waals surface area contributed by atoms with Crippen LogP contribution in [0.25, 0.3) is 11.0 Å². The minimum absolute atomic E-state index is 0.0940. The standard InChI is InChI=1S/C23H27ClN4O2/c1-28(15-21-25-19-11-6-16(24)14-20(19)26-21)22(29)23(12-4-3-5-13-23)27-17-7-9-18(30-2)10-8-17/h6-11,14,27H,3-5,12-13,15H2,1-2H3,(H,25,26). The van der Waals surface area contributed by atoms with E-state index >= 15 is 0 Å². The monoisotopic (exact) mass is 426 g/mol. The van der Waals surface area contributed by atoms with Gasteiger partial charge in [-0.3, -0.25) is 4.79 Å². The number of rotatable bonds is 6. The number of fused-ring (bicyclic) bond motifs is 1. The summed E-state index contributed by atoms with van der Waals surface area (Å²) in [5.74, 6) is 1.64. The number of anilines is 1. The van der Waals surface area contributed by atoms with E-state index in [0.29, 0.717) is 11.6 Å². The van der Waals surface area contributed by atoms with Crippen molar-refractivity contribution >= 4 is 34.2 Å². The molecule has 1 saturated carbocycles. The average molecular weight is 427 g/mol. The van der Waals surface area contributed by atoms with Crippen molar-refractivity contribution in [2.24, 2.45) is 0 Å². The number of H-pyrrole nitrogens is 1. The molecule has 4 rings (SSSR count). The van der Waals surface area contributed by atoms with E-state index in [0.717, 1.165) is 60.4 Å². The molecule has 0 radical (unpaired) electrons. The maximum Gasteiger partial charge on any atom is 0.248 e. The number of amides is 1. The summed E-state index contributed by atoms with van der Waals surface area (Å²) < 4.78 is 5.25. The van der Waals surface area contributed by atoms with Crippen molar-refractivity contribution in [2.45, 2.75) is 44.2 Å². The zero-order chi connectivity index (χ0) is 21.1. The van der Waals surface area contributed by atoms with Gasteiger partial charge in [0.05, 0.1) is 24.7 Å². The highest BCUT2D eigenvalue weighted by molar-refractivity contribution is 6.31. The number of nitrogens with zero attached hydrogens (tertiary/aromatic N) is 2. The molecule has 7 heteroatoms. The average Bonchev–Trinajstić information content (AvgIpc) is 3.15. The lowest BCUT2D eigenvalue weighted by atomic mass is 9.80. The molecule has 0 atom stereocenters. The maximum atomic E-state index is 13.6. The highest BCUT2D eigenvalue weighted by Gasteiger charge is 2.41. The Hall–Kier alpha value is -2.73. The minimum Gasteiger partial charge on any atom is -0.497 e. The summed E-state index contributed by atoms with van der Waals surface area (Å²) in [7, 11) is 3.49. The van der Waals surface area contributed by atoms with Crippen LogP contribution in [0.3, 0.4) is 0 Å². The van der Waals surface area contributed by atoms with E-state index in [1.54, 1.807) is 12.0 Å². The summed E-state index contributed by atoms with van der Waals surface area (Å²) in [4.78, 5) is 23.2. The topological polar surface area (TPSA) is 70.2 Å². The molecule has 1 aliphatic carbocycles. The number of hydrogen-bond acceptors (Lipinski definition) is 4. The molecule has 0 bridgehead atoms. The van der Waals surface area contributed by atoms with E-state index in [1.807, 2.05) is 49.5 Å². The predicted molar refractivity (Wildman–Crippen MR) is 120 cm³/mol. The zero-order valence-electron chi connectivity index (χ0n) is 17.4. The van der Waals surface area contributed by atoms with Crippen LogP contribution in [0.2, 0.25) is 5.02 Å². The number of carbonyl (C=O) groups is 1. The van der Waals surface area contributed by atoms with Crippen LogP contribution < -0.4 is 10.1 Å². The fraction of sp³-hybridized carbons (Fsp3) is 0.391. The molecule has 1 fully saturated rings. The van der Waals surface area contributed by atoms with Crippen molar-refractivity contribution < 1.29 is 9.53 Å². The number of halogens is 1. The first-order valence-electron chi connectivity index (χ1n) is 10.3. The van der Waals surface area contributed by atoms with Crippen molar-refractivity contribution in [2.75, 3.05) is 19.5 Å². The lowest BCUT2D eigenvalue weighted by Crippen LogP contribution is -2.54. The largest absolute Gasteiger partial charge is 0.497 e. The number of imidazole rings is 1. The molecule has 158 valence electrons. The molecule has 1 amide bonds. The first kappa shape index (κ1) is 20.5. The quantitative estimate of drug-likeness (QED) is 0.582. The van der Waals surface area contributed by atoms with Gasteiger partial charge in [0.15, 0.2) is 0 Å². The normalized spacial score (nSPS) is 15.7. The van der Waals surface area contributed by atoms with Crippen molar-refractivity contribution in [3.63, 3.8) is 0 Å². The van der Waals surface area contributed by atoms with Gasteiger partial charge in [0.25, 0.3) is 0 Å². The molecule has 2 aromatic carbocycles. The van der Waals surface area contributed by atoms with Crippen LogP contribution in [-0.2, 0) is 11.3 Å². The second kappa shape index (κ2) is 8.56. The highest BCUT2D eigenvalue weighted by Crippen LogP contribution is 2.34. The number of likely N-dealkylation sites (N-methyl/N-ethyl adjacent to an activating group) is 1. The molecule has 3 aromatic rings. The molecule has 0 aliphatic heterocycles. The van der Waals surface area contributed by atoms with Crippen LogP contribution in [0.15, 0.2) is 42.5 Å². The van der Waals surface area contributed by atoms with Crippen LogP contribution in [-0.4, -0.2) is 40.5 Å². The van der Waals surface area contributed by atoms with E-state index in [4.69, 9.17) is 16.3 Å². The van der Waals surface area contributed by atoms with Gasteiger partial charge in [0, 0.05) is 17.8 Å². The predicted octanol–water partition coefficient (Wildman–Crippen LogP) is 5.00. The summed E-state index contributed by atoms with van der Waals surface area (Å²) in [6.07, 6.45) is 4.86. The summed E-state index contributed by atoms with van der Waals surface area (Å²) in [6.45, 7) is 0.414. The number of ether oxygens (including phenoxy) is 1. The van der Waals surface area contributed by atoms with Gasteiger partial charge in [0.2, 0.25) is 5.91 Å². The molecular weight excluding hydrogens is 400 g/mol. The van der Waals surface area contributed by atoms with Crippen LogP contribution in [0.4, 0.5) is 5.69 Å². The molecule has 6 nitrogen and oxygen atoms in total. The van der Waals surface area contributed by atoms with Gasteiger partial charge >= 0.3 is 0 Å². The van der Waals surface area contributed by atoms with Crippen LogP contribution >= 0.6 is 11.6 Å². The van der Waals surface area contributed by atoms with E-state index in [1.165, 1.54) is 0 Å². The molecule has 30 heavy (non-hydrogen) atoms. The second-order valence-electron chi connectivity index (χ2n) is 8.00. The second-order valence-corrected chi connectivity index (χ2v) is 8.44. The number of carbonyl (C=O) groups excluding carboxylic acids is 1. The molecule has 0 spiro atoms. The van der Waals surface area contributed by atoms with Gasteiger partial charge in [-0.2, -0.15) is 0 Å². The number of hydrogen-bond donors (Lipinski definition) is 2. The Kier molecular flexibility index (Phi) is 5.86. The van der Waals surface area contributed by atoms with Crippen molar-refractivity contribution in [1.82, 2.24) is 14.9 Å². The SMILES string of the molecule is COc1ccc(NC2(C(=O)N(C)Cc3nc4ccc(Cl)cc4[nH]3)CCCCC2)cc1. The summed E-state index contributed by atoms with van der Waals surface area (Å²) in [5.41, 5.74) is 2.05. The highest BCUT2D eigenvalue weighted by atomic mass is 35.5. The Morgan fingerprint density at radius 2 is 1.93 bits per heavy atom. The smallest absolute Gasteiger partial charge is 0.248 e. The summed E-state index contributed by atoms with van der Waals surface area (Å²) in [6, 6.07) is 13.3. The summed E-state index contributed by atoms with van der Waals surface area (Å²) >= 11 is 6.07. The molecule has 0 saturated heterocycles. The number of aromatic nitrogens is 2. The van der Waals surface area contributed by atoms with E-state index in [2.05, 4.69) is 15.3 Å². The van der Waals surface area contributed by atoms with Crippen molar-refractivity contribution in [1.29, 1.82) is 0 Å². The Morgan fingerprint density at radius 1 is 1.20 bits per heavy atom. The number of benzene rings is 2. The molecular formula is C23H27ClN4O2. The fourth-order valence-electron chi connectivity index (χ4n) is 4.27. The molecule has 1 aromatic heterocycles. The minimum atomic E-state index is -0.600. The maximum absolute atomic E-state index is 13.6. The molecule has 2 N–H and O–H groups in total. The lowest BCUT2D eigenvalue weighted by molar-refractivity contribution is -0.136. The number of aromatic amines is 1. The number of methoxy groups -OCH3 is 1. The third-order valence-electron chi connectivity index (χ3n) is 5.82.